The van der Waals surface area contributed by atoms with E-state index in [1.54, 1.807) is 0 Å². The average molecular weight is 426 g/mol. The first-order valence-corrected chi connectivity index (χ1v) is 10.9. The highest BCUT2D eigenvalue weighted by Gasteiger charge is 2.12. The Kier molecular flexibility index (Phi) is 3.84. The molecule has 0 unspecified atom stereocenters. The second-order valence-electron chi connectivity index (χ2n) is 8.24. The van der Waals surface area contributed by atoms with Crippen molar-refractivity contribution in [1.29, 1.82) is 0 Å². The molecule has 0 radical (unpaired) electrons. The first-order valence-electron chi connectivity index (χ1n) is 10.9. The summed E-state index contributed by atoms with van der Waals surface area (Å²) in [5.74, 6) is 2.55. The molecule has 7 rings (SSSR count). The number of hydrogen-bond donors (Lipinski definition) is 0. The third-order valence-electron chi connectivity index (χ3n) is 6.09. The van der Waals surface area contributed by atoms with Gasteiger partial charge < -0.3 is 13.3 Å². The molecule has 33 heavy (non-hydrogen) atoms. The molecule has 0 aliphatic heterocycles. The summed E-state index contributed by atoms with van der Waals surface area (Å²) in [5, 5.41) is 3.19. The zero-order valence-corrected chi connectivity index (χ0v) is 17.6. The Morgan fingerprint density at radius 2 is 0.818 bits per heavy atom. The molecule has 0 N–H and O–H groups in total. The maximum Gasteiger partial charge on any atom is 0.135 e. The van der Waals surface area contributed by atoms with Crippen molar-refractivity contribution in [3.63, 3.8) is 0 Å². The summed E-state index contributed by atoms with van der Waals surface area (Å²) in [6, 6.07) is 36.8. The Labute approximate surface area is 189 Å². The Morgan fingerprint density at radius 1 is 0.333 bits per heavy atom. The minimum Gasteiger partial charge on any atom is -0.456 e. The van der Waals surface area contributed by atoms with E-state index >= 15 is 0 Å². The normalized spacial score (nSPS) is 11.6. The molecule has 0 fully saturated rings. The van der Waals surface area contributed by atoms with Crippen molar-refractivity contribution in [3.05, 3.63) is 109 Å². The SMILES string of the molecule is c1ccc(-c2cc3cc(-c4cc5cc(-c6cc7ccccc7o6)ccc5o4)ccc3o2)cc1. The van der Waals surface area contributed by atoms with Gasteiger partial charge in [0.2, 0.25) is 0 Å². The van der Waals surface area contributed by atoms with Crippen molar-refractivity contribution in [1.82, 2.24) is 0 Å². The topological polar surface area (TPSA) is 39.4 Å². The molecule has 0 bridgehead atoms. The van der Waals surface area contributed by atoms with Gasteiger partial charge in [0.15, 0.2) is 0 Å². The van der Waals surface area contributed by atoms with Crippen LogP contribution in [0.5, 0.6) is 0 Å². The highest BCUT2D eigenvalue weighted by atomic mass is 16.3. The molecule has 3 nitrogen and oxygen atoms in total. The van der Waals surface area contributed by atoms with Gasteiger partial charge in [-0.2, -0.15) is 0 Å². The molecule has 3 heteroatoms. The van der Waals surface area contributed by atoms with Gasteiger partial charge in [-0.05, 0) is 60.7 Å². The van der Waals surface area contributed by atoms with Gasteiger partial charge in [-0.1, -0.05) is 48.5 Å². The number of hydrogen-bond acceptors (Lipinski definition) is 3. The van der Waals surface area contributed by atoms with Crippen LogP contribution in [0, 0.1) is 0 Å². The van der Waals surface area contributed by atoms with Crippen LogP contribution in [0.25, 0.3) is 66.9 Å². The van der Waals surface area contributed by atoms with Crippen molar-refractivity contribution in [2.75, 3.05) is 0 Å². The van der Waals surface area contributed by atoms with Crippen LogP contribution in [0.3, 0.4) is 0 Å². The first-order chi connectivity index (χ1) is 16.3. The molecule has 0 aliphatic rings. The predicted octanol–water partition coefficient (Wildman–Crippen LogP) is 8.93. The number of furan rings is 3. The summed E-state index contributed by atoms with van der Waals surface area (Å²) >= 11 is 0. The minimum absolute atomic E-state index is 0.830. The molecule has 3 heterocycles. The van der Waals surface area contributed by atoms with E-state index < -0.39 is 0 Å². The van der Waals surface area contributed by atoms with Crippen LogP contribution in [0.2, 0.25) is 0 Å². The molecule has 0 aliphatic carbocycles. The fraction of sp³-hybridized carbons (Fsp3) is 0. The van der Waals surface area contributed by atoms with Crippen LogP contribution in [0.1, 0.15) is 0 Å². The van der Waals surface area contributed by atoms with Gasteiger partial charge in [-0.15, -0.1) is 0 Å². The smallest absolute Gasteiger partial charge is 0.135 e. The summed E-state index contributed by atoms with van der Waals surface area (Å²) in [6.07, 6.45) is 0. The average Bonchev–Trinajstić information content (AvgIpc) is 3.59. The summed E-state index contributed by atoms with van der Waals surface area (Å²) < 4.78 is 18.3. The minimum atomic E-state index is 0.830. The summed E-state index contributed by atoms with van der Waals surface area (Å²) in [4.78, 5) is 0. The van der Waals surface area contributed by atoms with Gasteiger partial charge in [0.05, 0.1) is 0 Å². The number of para-hydroxylation sites is 1. The van der Waals surface area contributed by atoms with Crippen molar-refractivity contribution in [2.24, 2.45) is 0 Å². The Bertz CT molecular complexity index is 1730. The van der Waals surface area contributed by atoms with Crippen LogP contribution in [0.15, 0.2) is 122 Å². The van der Waals surface area contributed by atoms with Crippen LogP contribution in [0.4, 0.5) is 0 Å². The van der Waals surface area contributed by atoms with E-state index in [1.807, 2.05) is 60.7 Å². The highest BCUT2D eigenvalue weighted by molar-refractivity contribution is 5.91. The van der Waals surface area contributed by atoms with E-state index in [0.29, 0.717) is 0 Å². The van der Waals surface area contributed by atoms with Gasteiger partial charge in [-0.3, -0.25) is 0 Å². The van der Waals surface area contributed by atoms with Crippen molar-refractivity contribution in [2.45, 2.75) is 0 Å². The van der Waals surface area contributed by atoms with E-state index in [2.05, 4.69) is 48.5 Å². The van der Waals surface area contributed by atoms with Gasteiger partial charge in [0, 0.05) is 32.8 Å². The van der Waals surface area contributed by atoms with Gasteiger partial charge >= 0.3 is 0 Å². The van der Waals surface area contributed by atoms with Gasteiger partial charge in [-0.25, -0.2) is 0 Å². The zero-order valence-electron chi connectivity index (χ0n) is 17.6. The van der Waals surface area contributed by atoms with E-state index in [4.69, 9.17) is 13.3 Å². The van der Waals surface area contributed by atoms with E-state index in [9.17, 15) is 0 Å². The monoisotopic (exact) mass is 426 g/mol. The fourth-order valence-corrected chi connectivity index (χ4v) is 4.40. The van der Waals surface area contributed by atoms with Crippen molar-refractivity contribution >= 4 is 32.9 Å². The lowest BCUT2D eigenvalue weighted by Crippen LogP contribution is -1.72. The van der Waals surface area contributed by atoms with E-state index in [-0.39, 0.29) is 0 Å². The summed E-state index contributed by atoms with van der Waals surface area (Å²) in [7, 11) is 0. The Morgan fingerprint density at radius 3 is 1.42 bits per heavy atom. The Hall–Kier alpha value is -4.50. The summed E-state index contributed by atoms with van der Waals surface area (Å²) in [6.45, 7) is 0. The molecule has 7 aromatic rings. The van der Waals surface area contributed by atoms with E-state index in [0.717, 1.165) is 66.9 Å². The van der Waals surface area contributed by atoms with Crippen LogP contribution in [-0.2, 0) is 0 Å². The fourth-order valence-electron chi connectivity index (χ4n) is 4.40. The lowest BCUT2D eigenvalue weighted by atomic mass is 10.1. The third-order valence-corrected chi connectivity index (χ3v) is 6.09. The zero-order chi connectivity index (χ0) is 21.8. The molecule has 0 saturated heterocycles. The molecular formula is C30H18O3. The number of rotatable bonds is 3. The third kappa shape index (κ3) is 3.06. The molecule has 0 atom stereocenters. The molecule has 4 aromatic carbocycles. The second kappa shape index (κ2) is 7.01. The maximum atomic E-state index is 6.18. The van der Waals surface area contributed by atoms with Crippen LogP contribution in [-0.4, -0.2) is 0 Å². The standard InChI is InChI=1S/C30H18O3/c1-2-6-19(7-3-1)28-17-23-15-22(11-12-26(23)32-28)30-18-24-14-21(10-13-27(24)33-30)29-16-20-8-4-5-9-25(20)31-29/h1-18H. The highest BCUT2D eigenvalue weighted by Crippen LogP contribution is 2.35. The maximum absolute atomic E-state index is 6.18. The van der Waals surface area contributed by atoms with Crippen LogP contribution < -0.4 is 0 Å². The van der Waals surface area contributed by atoms with E-state index in [1.165, 1.54) is 0 Å². The predicted molar refractivity (Wildman–Crippen MR) is 132 cm³/mol. The molecule has 156 valence electrons. The Balaban J connectivity index is 1.28. The van der Waals surface area contributed by atoms with Gasteiger partial charge in [0.1, 0.15) is 34.0 Å². The van der Waals surface area contributed by atoms with Crippen molar-refractivity contribution < 1.29 is 13.3 Å². The molecule has 0 spiro atoms. The molecular weight excluding hydrogens is 408 g/mol. The number of fused-ring (bicyclic) bond motifs is 3. The molecule has 0 amide bonds. The second-order valence-corrected chi connectivity index (χ2v) is 8.24. The summed E-state index contributed by atoms with van der Waals surface area (Å²) in [5.41, 5.74) is 5.72. The quantitative estimate of drug-likeness (QED) is 0.283. The number of benzene rings is 4. The van der Waals surface area contributed by atoms with Crippen molar-refractivity contribution in [3.8, 4) is 34.0 Å². The van der Waals surface area contributed by atoms with Crippen LogP contribution >= 0.6 is 0 Å². The lowest BCUT2D eigenvalue weighted by molar-refractivity contribution is 0.628. The lowest BCUT2D eigenvalue weighted by Gasteiger charge is -1.96. The largest absolute Gasteiger partial charge is 0.456 e. The van der Waals surface area contributed by atoms with Gasteiger partial charge in [0.25, 0.3) is 0 Å². The first kappa shape index (κ1) is 18.1. The molecule has 0 saturated carbocycles. The molecule has 3 aromatic heterocycles.